The van der Waals surface area contributed by atoms with Gasteiger partial charge in [0.2, 0.25) is 0 Å². The molecule has 0 bridgehead atoms. The first-order valence-electron chi connectivity index (χ1n) is 8.29. The summed E-state index contributed by atoms with van der Waals surface area (Å²) < 4.78 is 13.9. The van der Waals surface area contributed by atoms with Crippen LogP contribution in [0.15, 0.2) is 36.5 Å². The summed E-state index contributed by atoms with van der Waals surface area (Å²) in [6, 6.07) is 7.33. The van der Waals surface area contributed by atoms with Gasteiger partial charge < -0.3 is 19.5 Å². The van der Waals surface area contributed by atoms with E-state index in [-0.39, 0.29) is 5.56 Å². The van der Waals surface area contributed by atoms with E-state index in [1.807, 2.05) is 6.07 Å². The maximum Gasteiger partial charge on any atom is 0.329 e. The second-order valence-corrected chi connectivity index (χ2v) is 5.80. The van der Waals surface area contributed by atoms with Crippen LogP contribution in [0.4, 0.5) is 0 Å². The van der Waals surface area contributed by atoms with Crippen LogP contribution in [-0.2, 0) is 28.6 Å². The number of benzene rings is 1. The maximum absolute atomic E-state index is 12.7. The second-order valence-electron chi connectivity index (χ2n) is 5.80. The zero-order valence-corrected chi connectivity index (χ0v) is 15.6. The van der Waals surface area contributed by atoms with Crippen molar-refractivity contribution in [3.05, 3.63) is 42.1 Å². The number of pyridine rings is 1. The molecule has 28 heavy (non-hydrogen) atoms. The summed E-state index contributed by atoms with van der Waals surface area (Å²) in [4.78, 5) is 52.8. The topological polar surface area (TPSA) is 121 Å². The highest BCUT2D eigenvalue weighted by molar-refractivity contribution is 6.00. The van der Waals surface area contributed by atoms with Crippen molar-refractivity contribution >= 4 is 34.7 Å². The second kappa shape index (κ2) is 9.45. The molecule has 9 heteroatoms. The summed E-state index contributed by atoms with van der Waals surface area (Å²) in [5, 5.41) is 3.16. The van der Waals surface area contributed by atoms with Crippen LogP contribution in [0.5, 0.6) is 0 Å². The molecule has 2 atom stereocenters. The van der Waals surface area contributed by atoms with Crippen LogP contribution in [0.1, 0.15) is 16.8 Å². The number of carbonyl (C=O) groups excluding carboxylic acids is 4. The van der Waals surface area contributed by atoms with Gasteiger partial charge in [-0.2, -0.15) is 0 Å². The number of carbonyl (C=O) groups is 4. The molecule has 0 radical (unpaired) electrons. The zero-order valence-electron chi connectivity index (χ0n) is 15.6. The fourth-order valence-corrected chi connectivity index (χ4v) is 2.62. The van der Waals surface area contributed by atoms with Crippen LogP contribution in [0.3, 0.4) is 0 Å². The highest BCUT2D eigenvalue weighted by Gasteiger charge is 2.38. The number of nitrogens with one attached hydrogen (secondary N) is 1. The quantitative estimate of drug-likeness (QED) is 0.548. The lowest BCUT2D eigenvalue weighted by molar-refractivity contribution is -0.158. The lowest BCUT2D eigenvalue weighted by atomic mass is 9.95. The lowest BCUT2D eigenvalue weighted by Gasteiger charge is -2.23. The van der Waals surface area contributed by atoms with Gasteiger partial charge in [-0.3, -0.25) is 19.4 Å². The molecule has 0 spiro atoms. The Kier molecular flexibility index (Phi) is 7.02. The Morgan fingerprint density at radius 2 is 1.68 bits per heavy atom. The summed E-state index contributed by atoms with van der Waals surface area (Å²) in [7, 11) is 3.35. The minimum Gasteiger partial charge on any atom is -0.469 e. The molecule has 1 amide bonds. The highest BCUT2D eigenvalue weighted by atomic mass is 16.5. The van der Waals surface area contributed by atoms with Crippen molar-refractivity contribution < 1.29 is 33.4 Å². The third-order valence-corrected chi connectivity index (χ3v) is 4.11. The summed E-state index contributed by atoms with van der Waals surface area (Å²) in [6.45, 7) is 0. The van der Waals surface area contributed by atoms with Gasteiger partial charge in [0.15, 0.2) is 0 Å². The van der Waals surface area contributed by atoms with E-state index in [1.165, 1.54) is 6.20 Å². The average molecular weight is 388 g/mol. The van der Waals surface area contributed by atoms with Gasteiger partial charge in [0.1, 0.15) is 6.04 Å². The molecule has 2 rings (SSSR count). The molecule has 0 saturated carbocycles. The number of ether oxygens (including phenoxy) is 3. The third-order valence-electron chi connectivity index (χ3n) is 4.11. The number of hydrogen-bond acceptors (Lipinski definition) is 8. The van der Waals surface area contributed by atoms with E-state index in [1.54, 1.807) is 24.3 Å². The largest absolute Gasteiger partial charge is 0.469 e. The van der Waals surface area contributed by atoms with E-state index in [9.17, 15) is 19.2 Å². The molecule has 148 valence electrons. The molecule has 0 unspecified atom stereocenters. The van der Waals surface area contributed by atoms with Gasteiger partial charge in [0.25, 0.3) is 5.91 Å². The van der Waals surface area contributed by atoms with Crippen molar-refractivity contribution in [1.29, 1.82) is 0 Å². The Balaban J connectivity index is 2.32. The molecule has 9 nitrogen and oxygen atoms in total. The van der Waals surface area contributed by atoms with Crippen LogP contribution < -0.4 is 5.32 Å². The van der Waals surface area contributed by atoms with Gasteiger partial charge in [0.05, 0.1) is 44.7 Å². The van der Waals surface area contributed by atoms with Crippen LogP contribution in [0.25, 0.3) is 10.9 Å². The summed E-state index contributed by atoms with van der Waals surface area (Å²) >= 11 is 0. The molecule has 0 aliphatic carbocycles. The minimum absolute atomic E-state index is 0.175. The van der Waals surface area contributed by atoms with Crippen molar-refractivity contribution in [2.45, 2.75) is 12.5 Å². The monoisotopic (exact) mass is 388 g/mol. The van der Waals surface area contributed by atoms with E-state index in [2.05, 4.69) is 24.5 Å². The number of nitrogens with zero attached hydrogens (tertiary/aromatic N) is 1. The first-order chi connectivity index (χ1) is 13.4. The smallest absolute Gasteiger partial charge is 0.329 e. The number of methoxy groups -OCH3 is 3. The summed E-state index contributed by atoms with van der Waals surface area (Å²) in [5.41, 5.74) is 0.871. The number of esters is 3. The van der Waals surface area contributed by atoms with Crippen LogP contribution >= 0.6 is 0 Å². The van der Waals surface area contributed by atoms with Crippen molar-refractivity contribution in [2.24, 2.45) is 5.92 Å². The van der Waals surface area contributed by atoms with E-state index >= 15 is 0 Å². The lowest BCUT2D eigenvalue weighted by Crippen LogP contribution is -2.50. The number of amides is 1. The molecule has 1 aromatic carbocycles. The normalized spacial score (nSPS) is 12.5. The van der Waals surface area contributed by atoms with E-state index in [4.69, 9.17) is 0 Å². The molecular formula is C19H20N2O7. The van der Waals surface area contributed by atoms with E-state index in [0.29, 0.717) is 5.52 Å². The number of para-hydroxylation sites is 1. The summed E-state index contributed by atoms with van der Waals surface area (Å²) in [5.74, 6) is -4.49. The molecule has 0 saturated heterocycles. The van der Waals surface area contributed by atoms with Gasteiger partial charge in [-0.1, -0.05) is 18.2 Å². The highest BCUT2D eigenvalue weighted by Crippen LogP contribution is 2.17. The number of fused-ring (bicyclic) bond motifs is 1. The fraction of sp³-hybridized carbons (Fsp3) is 0.316. The van der Waals surface area contributed by atoms with Gasteiger partial charge in [-0.15, -0.1) is 0 Å². The van der Waals surface area contributed by atoms with Crippen LogP contribution in [0.2, 0.25) is 0 Å². The standard InChI is InChI=1S/C19H20N2O7/c1-26-15(22)9-13(18(24)27-2)16(19(25)28-3)21-17(23)12-8-11-6-4-5-7-14(11)20-10-12/h4-8,10,13,16H,9H2,1-3H3,(H,21,23)/t13-,16+/m1/s1. The minimum atomic E-state index is -1.45. The molecule has 2 aromatic rings. The Bertz CT molecular complexity index is 897. The predicted octanol–water partition coefficient (Wildman–Crippen LogP) is 0.858. The van der Waals surface area contributed by atoms with Crippen molar-refractivity contribution in [2.75, 3.05) is 21.3 Å². The van der Waals surface area contributed by atoms with Crippen molar-refractivity contribution in [1.82, 2.24) is 10.3 Å². The zero-order chi connectivity index (χ0) is 20.7. The van der Waals surface area contributed by atoms with Gasteiger partial charge in [-0.05, 0) is 12.1 Å². The average Bonchev–Trinajstić information content (AvgIpc) is 2.74. The van der Waals surface area contributed by atoms with Gasteiger partial charge in [0, 0.05) is 11.6 Å². The van der Waals surface area contributed by atoms with Gasteiger partial charge in [-0.25, -0.2) is 4.79 Å². The molecule has 1 aromatic heterocycles. The Morgan fingerprint density at radius 1 is 1.00 bits per heavy atom. The summed E-state index contributed by atoms with van der Waals surface area (Å²) in [6.07, 6.45) is 0.874. The Morgan fingerprint density at radius 3 is 2.32 bits per heavy atom. The molecule has 1 N–H and O–H groups in total. The first kappa shape index (κ1) is 20.8. The fourth-order valence-electron chi connectivity index (χ4n) is 2.62. The van der Waals surface area contributed by atoms with Crippen molar-refractivity contribution in [3.8, 4) is 0 Å². The van der Waals surface area contributed by atoms with Crippen LogP contribution in [0, 0.1) is 5.92 Å². The van der Waals surface area contributed by atoms with E-state index < -0.39 is 42.2 Å². The number of rotatable bonds is 7. The Hall–Kier alpha value is -3.49. The van der Waals surface area contributed by atoms with Crippen LogP contribution in [-0.4, -0.2) is 56.2 Å². The molecule has 1 heterocycles. The predicted molar refractivity (Wildman–Crippen MR) is 97.2 cm³/mol. The molecular weight excluding hydrogens is 368 g/mol. The van der Waals surface area contributed by atoms with E-state index in [0.717, 1.165) is 26.7 Å². The Labute approximate surface area is 161 Å². The molecule has 0 aliphatic rings. The number of hydrogen-bond donors (Lipinski definition) is 1. The van der Waals surface area contributed by atoms with Crippen molar-refractivity contribution in [3.63, 3.8) is 0 Å². The first-order valence-corrected chi connectivity index (χ1v) is 8.29. The van der Waals surface area contributed by atoms with Gasteiger partial charge >= 0.3 is 17.9 Å². The maximum atomic E-state index is 12.7. The number of aromatic nitrogens is 1. The SMILES string of the molecule is COC(=O)C[C@@H](C(=O)OC)[C@H](NC(=O)c1cnc2ccccc2c1)C(=O)OC. The molecule has 0 fully saturated rings. The molecule has 0 aliphatic heterocycles. The third kappa shape index (κ3) is 4.81.